The van der Waals surface area contributed by atoms with Gasteiger partial charge >= 0.3 is 0 Å². The Morgan fingerprint density at radius 3 is 2.59 bits per heavy atom. The molecule has 0 aliphatic carbocycles. The summed E-state index contributed by atoms with van der Waals surface area (Å²) < 4.78 is 11.0. The average molecular weight is 241 g/mol. The number of nitrogens with one attached hydrogen (secondary N) is 1. The van der Waals surface area contributed by atoms with Crippen molar-refractivity contribution in [2.45, 2.75) is 38.2 Å². The van der Waals surface area contributed by atoms with Gasteiger partial charge < -0.3 is 14.8 Å². The predicted octanol–water partition coefficient (Wildman–Crippen LogP) is 1.14. The van der Waals surface area contributed by atoms with Crippen LogP contribution in [0.5, 0.6) is 0 Å². The molecule has 0 aromatic carbocycles. The molecule has 0 amide bonds. The van der Waals surface area contributed by atoms with Crippen LogP contribution in [0.2, 0.25) is 0 Å². The molecule has 4 nitrogen and oxygen atoms in total. The first-order valence-electron chi connectivity index (χ1n) is 6.79. The van der Waals surface area contributed by atoms with Gasteiger partial charge in [0, 0.05) is 25.6 Å². The smallest absolute Gasteiger partial charge is 0.138 e. The molecule has 2 saturated heterocycles. The van der Waals surface area contributed by atoms with E-state index in [4.69, 9.17) is 9.47 Å². The molecule has 0 aromatic heterocycles. The fraction of sp³-hybridized carbons (Fsp3) is 0.923. The highest BCUT2D eigenvalue weighted by molar-refractivity contribution is 5.81. The van der Waals surface area contributed by atoms with Crippen molar-refractivity contribution < 1.29 is 14.3 Å². The van der Waals surface area contributed by atoms with E-state index in [0.29, 0.717) is 24.9 Å². The van der Waals surface area contributed by atoms with E-state index in [1.54, 1.807) is 0 Å². The third-order valence-corrected chi connectivity index (χ3v) is 3.66. The highest BCUT2D eigenvalue weighted by atomic mass is 16.5. The number of Topliss-reactive ketones (excluding diaryl/α,β-unsaturated/α-hetero) is 1. The van der Waals surface area contributed by atoms with Gasteiger partial charge in [-0.25, -0.2) is 0 Å². The van der Waals surface area contributed by atoms with Crippen LogP contribution in [0.3, 0.4) is 0 Å². The van der Waals surface area contributed by atoms with E-state index in [9.17, 15) is 4.79 Å². The summed E-state index contributed by atoms with van der Waals surface area (Å²) in [6.45, 7) is 4.16. The number of hydrogen-bond acceptors (Lipinski definition) is 4. The molecule has 2 aliphatic heterocycles. The Hall–Kier alpha value is -0.450. The number of carbonyl (C=O) groups excluding carboxylic acids is 1. The average Bonchev–Trinajstić information content (AvgIpc) is 2.41. The molecule has 4 heteroatoms. The van der Waals surface area contributed by atoms with E-state index in [2.05, 4.69) is 5.32 Å². The minimum atomic E-state index is 0.223. The van der Waals surface area contributed by atoms with E-state index in [0.717, 1.165) is 52.0 Å². The molecule has 2 rings (SSSR count). The van der Waals surface area contributed by atoms with Crippen LogP contribution in [-0.2, 0) is 14.3 Å². The highest BCUT2D eigenvalue weighted by Crippen LogP contribution is 2.17. The van der Waals surface area contributed by atoms with Gasteiger partial charge in [-0.2, -0.15) is 0 Å². The second-order valence-corrected chi connectivity index (χ2v) is 4.92. The lowest BCUT2D eigenvalue weighted by Gasteiger charge is -2.24. The largest absolute Gasteiger partial charge is 0.381 e. The molecule has 0 bridgehead atoms. The Morgan fingerprint density at radius 1 is 1.18 bits per heavy atom. The number of hydrogen-bond donors (Lipinski definition) is 1. The normalized spacial score (nSPS) is 23.8. The van der Waals surface area contributed by atoms with Gasteiger partial charge in [0.05, 0.1) is 12.7 Å². The summed E-state index contributed by atoms with van der Waals surface area (Å²) in [6, 6.07) is 0. The van der Waals surface area contributed by atoms with Gasteiger partial charge in [0.2, 0.25) is 0 Å². The molecule has 0 aromatic rings. The van der Waals surface area contributed by atoms with Crippen molar-refractivity contribution in [3.05, 3.63) is 0 Å². The lowest BCUT2D eigenvalue weighted by molar-refractivity contribution is -0.127. The Labute approximate surface area is 103 Å². The summed E-state index contributed by atoms with van der Waals surface area (Å²) in [7, 11) is 0. The zero-order valence-electron chi connectivity index (χ0n) is 10.5. The first kappa shape index (κ1) is 13.0. The molecule has 0 unspecified atom stereocenters. The maximum atomic E-state index is 11.9. The maximum absolute atomic E-state index is 11.9. The lowest BCUT2D eigenvalue weighted by atomic mass is 9.94. The number of rotatable bonds is 5. The molecule has 0 spiro atoms. The monoisotopic (exact) mass is 241 g/mol. The van der Waals surface area contributed by atoms with Gasteiger partial charge in [0.15, 0.2) is 0 Å². The van der Waals surface area contributed by atoms with Gasteiger partial charge in [0.25, 0.3) is 0 Å². The fourth-order valence-corrected chi connectivity index (χ4v) is 2.51. The van der Waals surface area contributed by atoms with Crippen molar-refractivity contribution in [3.63, 3.8) is 0 Å². The van der Waals surface area contributed by atoms with Crippen molar-refractivity contribution >= 4 is 5.78 Å². The van der Waals surface area contributed by atoms with Crippen molar-refractivity contribution in [1.82, 2.24) is 5.32 Å². The summed E-state index contributed by atoms with van der Waals surface area (Å²) >= 11 is 0. The van der Waals surface area contributed by atoms with E-state index < -0.39 is 0 Å². The molecular weight excluding hydrogens is 218 g/mol. The van der Waals surface area contributed by atoms with Gasteiger partial charge in [0.1, 0.15) is 5.78 Å². The van der Waals surface area contributed by atoms with E-state index in [-0.39, 0.29) is 5.92 Å². The molecule has 98 valence electrons. The van der Waals surface area contributed by atoms with Crippen molar-refractivity contribution in [3.8, 4) is 0 Å². The molecular formula is C13H23NO3. The summed E-state index contributed by atoms with van der Waals surface area (Å²) in [6.07, 6.45) is 4.88. The number of ether oxygens (including phenoxy) is 2. The molecule has 1 N–H and O–H groups in total. The Bertz CT molecular complexity index is 233. The van der Waals surface area contributed by atoms with Crippen LogP contribution in [0, 0.1) is 5.92 Å². The van der Waals surface area contributed by atoms with Gasteiger partial charge in [-0.3, -0.25) is 4.79 Å². The quantitative estimate of drug-likeness (QED) is 0.784. The van der Waals surface area contributed by atoms with Crippen LogP contribution < -0.4 is 5.32 Å². The lowest BCUT2D eigenvalue weighted by Crippen LogP contribution is -2.33. The summed E-state index contributed by atoms with van der Waals surface area (Å²) in [5.41, 5.74) is 0. The van der Waals surface area contributed by atoms with Crippen LogP contribution in [0.25, 0.3) is 0 Å². The van der Waals surface area contributed by atoms with Gasteiger partial charge in [-0.05, 0) is 38.8 Å². The first-order chi connectivity index (χ1) is 8.36. The molecule has 2 aliphatic rings. The minimum absolute atomic E-state index is 0.223. The Kier molecular flexibility index (Phi) is 5.42. The number of piperidine rings is 1. The van der Waals surface area contributed by atoms with Gasteiger partial charge in [-0.1, -0.05) is 0 Å². The summed E-state index contributed by atoms with van der Waals surface area (Å²) in [5, 5.41) is 3.30. The fourth-order valence-electron chi connectivity index (χ4n) is 2.51. The standard InChI is InChI=1S/C13H23NO3/c15-13(11-3-8-16-9-4-11)5-10-17-12-1-6-14-7-2-12/h11-12,14H,1-10H2. The predicted molar refractivity (Wildman–Crippen MR) is 65.0 cm³/mol. The zero-order valence-corrected chi connectivity index (χ0v) is 10.5. The molecule has 0 atom stereocenters. The first-order valence-corrected chi connectivity index (χ1v) is 6.79. The summed E-state index contributed by atoms with van der Waals surface area (Å²) in [5.74, 6) is 0.586. The number of carbonyl (C=O) groups is 1. The van der Waals surface area contributed by atoms with Crippen LogP contribution in [-0.4, -0.2) is 44.8 Å². The SMILES string of the molecule is O=C(CCOC1CCNCC1)C1CCOCC1. The molecule has 2 fully saturated rings. The molecule has 0 radical (unpaired) electrons. The molecule has 2 heterocycles. The zero-order chi connectivity index (χ0) is 11.9. The van der Waals surface area contributed by atoms with Crippen LogP contribution in [0.15, 0.2) is 0 Å². The Morgan fingerprint density at radius 2 is 1.88 bits per heavy atom. The van der Waals surface area contributed by atoms with Crippen molar-refractivity contribution in [1.29, 1.82) is 0 Å². The second-order valence-electron chi connectivity index (χ2n) is 4.92. The van der Waals surface area contributed by atoms with Crippen molar-refractivity contribution in [2.24, 2.45) is 5.92 Å². The third-order valence-electron chi connectivity index (χ3n) is 3.66. The van der Waals surface area contributed by atoms with Gasteiger partial charge in [-0.15, -0.1) is 0 Å². The van der Waals surface area contributed by atoms with Crippen LogP contribution in [0.1, 0.15) is 32.1 Å². The van der Waals surface area contributed by atoms with Crippen molar-refractivity contribution in [2.75, 3.05) is 32.9 Å². The third kappa shape index (κ3) is 4.37. The minimum Gasteiger partial charge on any atom is -0.381 e. The molecule has 0 saturated carbocycles. The van der Waals surface area contributed by atoms with Crippen LogP contribution in [0.4, 0.5) is 0 Å². The maximum Gasteiger partial charge on any atom is 0.138 e. The van der Waals surface area contributed by atoms with E-state index in [1.165, 1.54) is 0 Å². The van der Waals surface area contributed by atoms with E-state index in [1.807, 2.05) is 0 Å². The molecule has 17 heavy (non-hydrogen) atoms. The van der Waals surface area contributed by atoms with E-state index >= 15 is 0 Å². The Balaban J connectivity index is 1.58. The summed E-state index contributed by atoms with van der Waals surface area (Å²) in [4.78, 5) is 11.9. The highest BCUT2D eigenvalue weighted by Gasteiger charge is 2.21. The van der Waals surface area contributed by atoms with Crippen LogP contribution >= 0.6 is 0 Å². The topological polar surface area (TPSA) is 47.6 Å². The number of ketones is 1. The second kappa shape index (κ2) is 7.09.